The average molecular weight is 355 g/mol. The van der Waals surface area contributed by atoms with Crippen LogP contribution in [0.3, 0.4) is 0 Å². The molecule has 2 aromatic rings. The summed E-state index contributed by atoms with van der Waals surface area (Å²) in [7, 11) is 3.89. The van der Waals surface area contributed by atoms with E-state index in [0.717, 1.165) is 43.5 Å². The zero-order valence-electron chi connectivity index (χ0n) is 16.2. The van der Waals surface area contributed by atoms with Crippen molar-refractivity contribution in [3.05, 3.63) is 47.0 Å². The molecule has 1 aliphatic rings. The van der Waals surface area contributed by atoms with Gasteiger partial charge in [-0.25, -0.2) is 0 Å². The maximum absolute atomic E-state index is 4.42. The highest BCUT2D eigenvalue weighted by Crippen LogP contribution is 2.14. The number of hydrogen-bond acceptors (Lipinski definition) is 3. The molecule has 2 heterocycles. The molecule has 140 valence electrons. The first-order valence-electron chi connectivity index (χ1n) is 9.61. The quantitative estimate of drug-likeness (QED) is 0.663. The van der Waals surface area contributed by atoms with E-state index >= 15 is 0 Å². The Morgan fingerprint density at radius 1 is 1.15 bits per heavy atom. The standard InChI is InChI=1S/C20H30N6/c1-4-16-9-11-17(12-10-16)15-25(3)20(21-2)22-14-19-24-23-18-8-6-5-7-13-26(18)19/h9-12H,4-8,13-15H2,1-3H3,(H,21,22). The molecule has 3 rings (SSSR count). The van der Waals surface area contributed by atoms with Crippen molar-refractivity contribution in [2.75, 3.05) is 14.1 Å². The Morgan fingerprint density at radius 3 is 2.65 bits per heavy atom. The van der Waals surface area contributed by atoms with Gasteiger partial charge in [0.25, 0.3) is 0 Å². The summed E-state index contributed by atoms with van der Waals surface area (Å²) in [6.07, 6.45) is 5.81. The SMILES string of the molecule is CCc1ccc(CN(C)C(=NC)NCc2nnc3n2CCCCC3)cc1. The molecule has 1 aromatic heterocycles. The zero-order valence-corrected chi connectivity index (χ0v) is 16.2. The number of benzene rings is 1. The highest BCUT2D eigenvalue weighted by Gasteiger charge is 2.15. The second kappa shape index (κ2) is 8.83. The molecule has 1 aromatic carbocycles. The molecule has 0 atom stereocenters. The van der Waals surface area contributed by atoms with E-state index in [1.54, 1.807) is 0 Å². The highest BCUT2D eigenvalue weighted by atomic mass is 15.3. The van der Waals surface area contributed by atoms with Crippen LogP contribution in [0.15, 0.2) is 29.3 Å². The van der Waals surface area contributed by atoms with E-state index in [1.807, 2.05) is 7.05 Å². The lowest BCUT2D eigenvalue weighted by Crippen LogP contribution is -2.38. The number of rotatable bonds is 5. The van der Waals surface area contributed by atoms with Crippen molar-refractivity contribution in [2.45, 2.75) is 58.7 Å². The van der Waals surface area contributed by atoms with Gasteiger partial charge in [-0.15, -0.1) is 10.2 Å². The maximum Gasteiger partial charge on any atom is 0.194 e. The van der Waals surface area contributed by atoms with Gasteiger partial charge in [0, 0.05) is 33.6 Å². The summed E-state index contributed by atoms with van der Waals surface area (Å²) in [5.41, 5.74) is 2.65. The minimum Gasteiger partial charge on any atom is -0.349 e. The molecule has 0 aliphatic carbocycles. The first-order chi connectivity index (χ1) is 12.7. The van der Waals surface area contributed by atoms with Gasteiger partial charge in [0.1, 0.15) is 5.82 Å². The molecule has 0 radical (unpaired) electrons. The Morgan fingerprint density at radius 2 is 1.92 bits per heavy atom. The van der Waals surface area contributed by atoms with Gasteiger partial charge in [0.2, 0.25) is 0 Å². The fourth-order valence-corrected chi connectivity index (χ4v) is 3.45. The molecule has 1 aliphatic heterocycles. The van der Waals surface area contributed by atoms with E-state index in [1.165, 1.54) is 30.4 Å². The van der Waals surface area contributed by atoms with Crippen LogP contribution < -0.4 is 5.32 Å². The van der Waals surface area contributed by atoms with Crippen LogP contribution >= 0.6 is 0 Å². The second-order valence-corrected chi connectivity index (χ2v) is 6.92. The van der Waals surface area contributed by atoms with Crippen LogP contribution in [-0.4, -0.2) is 39.7 Å². The van der Waals surface area contributed by atoms with Crippen molar-refractivity contribution in [3.63, 3.8) is 0 Å². The van der Waals surface area contributed by atoms with Crippen LogP contribution in [0.1, 0.15) is 49.0 Å². The zero-order chi connectivity index (χ0) is 18.4. The highest BCUT2D eigenvalue weighted by molar-refractivity contribution is 5.79. The number of nitrogens with one attached hydrogen (secondary N) is 1. The van der Waals surface area contributed by atoms with Gasteiger partial charge in [0.05, 0.1) is 6.54 Å². The molecule has 0 unspecified atom stereocenters. The minimum absolute atomic E-state index is 0.652. The fraction of sp³-hybridized carbons (Fsp3) is 0.550. The smallest absolute Gasteiger partial charge is 0.194 e. The Labute approximate surface area is 156 Å². The minimum atomic E-state index is 0.652. The predicted octanol–water partition coefficient (Wildman–Crippen LogP) is 2.77. The van der Waals surface area contributed by atoms with Crippen molar-refractivity contribution < 1.29 is 0 Å². The lowest BCUT2D eigenvalue weighted by Gasteiger charge is -2.22. The molecule has 0 bridgehead atoms. The summed E-state index contributed by atoms with van der Waals surface area (Å²) in [5, 5.41) is 12.2. The number of aliphatic imine (C=N–C) groups is 1. The van der Waals surface area contributed by atoms with E-state index in [-0.39, 0.29) is 0 Å². The molecular formula is C20H30N6. The van der Waals surface area contributed by atoms with Gasteiger partial charge < -0.3 is 14.8 Å². The van der Waals surface area contributed by atoms with Crippen molar-refractivity contribution in [3.8, 4) is 0 Å². The summed E-state index contributed by atoms with van der Waals surface area (Å²) in [4.78, 5) is 6.56. The third-order valence-corrected chi connectivity index (χ3v) is 5.02. The fourth-order valence-electron chi connectivity index (χ4n) is 3.45. The van der Waals surface area contributed by atoms with Crippen molar-refractivity contribution in [2.24, 2.45) is 4.99 Å². The Hall–Kier alpha value is -2.37. The summed E-state index contributed by atoms with van der Waals surface area (Å²) in [5.74, 6) is 3.00. The molecule has 26 heavy (non-hydrogen) atoms. The molecular weight excluding hydrogens is 324 g/mol. The molecule has 6 nitrogen and oxygen atoms in total. The largest absolute Gasteiger partial charge is 0.349 e. The van der Waals surface area contributed by atoms with Gasteiger partial charge >= 0.3 is 0 Å². The topological polar surface area (TPSA) is 58.3 Å². The van der Waals surface area contributed by atoms with Crippen molar-refractivity contribution >= 4 is 5.96 Å². The monoisotopic (exact) mass is 354 g/mol. The average Bonchev–Trinajstić information content (AvgIpc) is 2.89. The van der Waals surface area contributed by atoms with E-state index in [2.05, 4.69) is 68.2 Å². The first-order valence-corrected chi connectivity index (χ1v) is 9.61. The molecule has 6 heteroatoms. The van der Waals surface area contributed by atoms with Crippen LogP contribution in [0, 0.1) is 0 Å². The molecule has 0 saturated carbocycles. The number of aryl methyl sites for hydroxylation is 2. The molecule has 0 saturated heterocycles. The molecule has 0 fully saturated rings. The summed E-state index contributed by atoms with van der Waals surface area (Å²) in [6, 6.07) is 8.79. The van der Waals surface area contributed by atoms with Gasteiger partial charge in [-0.3, -0.25) is 4.99 Å². The third kappa shape index (κ3) is 4.42. The summed E-state index contributed by atoms with van der Waals surface area (Å²) in [6.45, 7) is 4.68. The number of aromatic nitrogens is 3. The Balaban J connectivity index is 1.59. The number of fused-ring (bicyclic) bond motifs is 1. The normalized spacial score (nSPS) is 14.7. The first kappa shape index (κ1) is 18.4. The van der Waals surface area contributed by atoms with E-state index in [0.29, 0.717) is 6.54 Å². The van der Waals surface area contributed by atoms with Gasteiger partial charge in [0.15, 0.2) is 11.8 Å². The van der Waals surface area contributed by atoms with Gasteiger partial charge in [-0.1, -0.05) is 37.6 Å². The molecule has 1 N–H and O–H groups in total. The van der Waals surface area contributed by atoms with E-state index in [4.69, 9.17) is 0 Å². The summed E-state index contributed by atoms with van der Waals surface area (Å²) < 4.78 is 2.27. The van der Waals surface area contributed by atoms with E-state index < -0.39 is 0 Å². The lowest BCUT2D eigenvalue weighted by molar-refractivity contribution is 0.473. The number of hydrogen-bond donors (Lipinski definition) is 1. The number of nitrogens with zero attached hydrogens (tertiary/aromatic N) is 5. The lowest BCUT2D eigenvalue weighted by atomic mass is 10.1. The Kier molecular flexibility index (Phi) is 6.26. The van der Waals surface area contributed by atoms with Crippen LogP contribution in [-0.2, 0) is 32.5 Å². The molecule has 0 spiro atoms. The van der Waals surface area contributed by atoms with Crippen LogP contribution in [0.25, 0.3) is 0 Å². The predicted molar refractivity (Wildman–Crippen MR) is 105 cm³/mol. The third-order valence-electron chi connectivity index (χ3n) is 5.02. The molecule has 0 amide bonds. The van der Waals surface area contributed by atoms with Gasteiger partial charge in [-0.2, -0.15) is 0 Å². The van der Waals surface area contributed by atoms with Crippen LogP contribution in [0.5, 0.6) is 0 Å². The van der Waals surface area contributed by atoms with Crippen LogP contribution in [0.2, 0.25) is 0 Å². The van der Waals surface area contributed by atoms with Gasteiger partial charge in [-0.05, 0) is 30.4 Å². The van der Waals surface area contributed by atoms with Crippen LogP contribution in [0.4, 0.5) is 0 Å². The second-order valence-electron chi connectivity index (χ2n) is 6.92. The van der Waals surface area contributed by atoms with E-state index in [9.17, 15) is 0 Å². The summed E-state index contributed by atoms with van der Waals surface area (Å²) >= 11 is 0. The van der Waals surface area contributed by atoms with Crippen molar-refractivity contribution in [1.82, 2.24) is 25.0 Å². The number of guanidine groups is 1. The van der Waals surface area contributed by atoms with Crippen molar-refractivity contribution in [1.29, 1.82) is 0 Å². The Bertz CT molecular complexity index is 731. The maximum atomic E-state index is 4.42.